The predicted molar refractivity (Wildman–Crippen MR) is 76.9 cm³/mol. The summed E-state index contributed by atoms with van der Waals surface area (Å²) < 4.78 is 27.7. The van der Waals surface area contributed by atoms with Crippen LogP contribution in [0.3, 0.4) is 0 Å². The summed E-state index contributed by atoms with van der Waals surface area (Å²) in [5, 5.41) is 2.95. The van der Waals surface area contributed by atoms with E-state index in [2.05, 4.69) is 11.4 Å². The zero-order valence-electron chi connectivity index (χ0n) is 11.5. The average molecular weight is 281 g/mol. The Kier molecular flexibility index (Phi) is 3.90. The number of nitrogens with one attached hydrogen (secondary N) is 1. The van der Waals surface area contributed by atoms with E-state index in [0.717, 1.165) is 5.56 Å². The number of halogens is 2. The van der Waals surface area contributed by atoms with Crippen LogP contribution in [0.5, 0.6) is 0 Å². The summed E-state index contributed by atoms with van der Waals surface area (Å²) in [6.07, 6.45) is 0. The van der Waals surface area contributed by atoms with Crippen molar-refractivity contribution in [1.29, 1.82) is 0 Å². The Morgan fingerprint density at radius 2 is 1.84 bits per heavy atom. The van der Waals surface area contributed by atoms with Gasteiger partial charge in [0.05, 0.1) is 0 Å². The van der Waals surface area contributed by atoms with Crippen molar-refractivity contribution in [3.05, 3.63) is 50.7 Å². The number of thiophene rings is 1. The molecule has 0 bridgehead atoms. The van der Waals surface area contributed by atoms with E-state index in [4.69, 9.17) is 0 Å². The van der Waals surface area contributed by atoms with Gasteiger partial charge in [-0.1, -0.05) is 6.07 Å². The van der Waals surface area contributed by atoms with Crippen molar-refractivity contribution >= 4 is 17.0 Å². The van der Waals surface area contributed by atoms with Gasteiger partial charge in [0, 0.05) is 15.8 Å². The Morgan fingerprint density at radius 1 is 1.16 bits per heavy atom. The van der Waals surface area contributed by atoms with E-state index in [1.807, 2.05) is 20.8 Å². The fourth-order valence-electron chi connectivity index (χ4n) is 2.16. The minimum Gasteiger partial charge on any atom is -0.374 e. The topological polar surface area (TPSA) is 12.0 Å². The molecule has 1 heterocycles. The molecule has 0 spiro atoms. The third-order valence-electron chi connectivity index (χ3n) is 3.19. The first-order valence-corrected chi connectivity index (χ1v) is 7.00. The molecule has 102 valence electrons. The minimum atomic E-state index is -0.556. The first kappa shape index (κ1) is 14.0. The van der Waals surface area contributed by atoms with Gasteiger partial charge in [-0.05, 0) is 51.0 Å². The second kappa shape index (κ2) is 5.29. The first-order valence-electron chi connectivity index (χ1n) is 6.18. The molecule has 1 atom stereocenters. The quantitative estimate of drug-likeness (QED) is 0.823. The van der Waals surface area contributed by atoms with E-state index >= 15 is 0 Å². The molecule has 2 rings (SSSR count). The van der Waals surface area contributed by atoms with Crippen molar-refractivity contribution < 1.29 is 8.78 Å². The van der Waals surface area contributed by atoms with Gasteiger partial charge < -0.3 is 5.32 Å². The monoisotopic (exact) mass is 281 g/mol. The molecule has 19 heavy (non-hydrogen) atoms. The number of hydrogen-bond donors (Lipinski definition) is 1. The molecule has 1 unspecified atom stereocenters. The van der Waals surface area contributed by atoms with Crippen LogP contribution in [-0.2, 0) is 0 Å². The highest BCUT2D eigenvalue weighted by atomic mass is 32.1. The molecule has 0 aliphatic carbocycles. The average Bonchev–Trinajstić information content (AvgIpc) is 2.69. The Hall–Kier alpha value is -1.42. The fourth-order valence-corrected chi connectivity index (χ4v) is 3.19. The lowest BCUT2D eigenvalue weighted by atomic mass is 10.1. The van der Waals surface area contributed by atoms with Gasteiger partial charge in [-0.3, -0.25) is 0 Å². The van der Waals surface area contributed by atoms with Crippen molar-refractivity contribution in [2.75, 3.05) is 5.32 Å². The van der Waals surface area contributed by atoms with E-state index in [1.165, 1.54) is 21.9 Å². The zero-order chi connectivity index (χ0) is 14.2. The summed E-state index contributed by atoms with van der Waals surface area (Å²) in [4.78, 5) is 2.37. The lowest BCUT2D eigenvalue weighted by Gasteiger charge is -2.17. The Labute approximate surface area is 116 Å². The molecule has 0 saturated heterocycles. The SMILES string of the molecule is Cc1cc(C(C)Nc2c(F)ccc(C)c2F)c(C)s1. The van der Waals surface area contributed by atoms with E-state index in [0.29, 0.717) is 5.56 Å². The van der Waals surface area contributed by atoms with Crippen molar-refractivity contribution in [2.45, 2.75) is 33.7 Å². The van der Waals surface area contributed by atoms with E-state index in [1.54, 1.807) is 18.3 Å². The van der Waals surface area contributed by atoms with Gasteiger partial charge in [0.2, 0.25) is 0 Å². The highest BCUT2D eigenvalue weighted by Gasteiger charge is 2.16. The molecule has 1 N–H and O–H groups in total. The molecule has 2 aromatic rings. The van der Waals surface area contributed by atoms with Crippen LogP contribution in [0, 0.1) is 32.4 Å². The highest BCUT2D eigenvalue weighted by Crippen LogP contribution is 2.31. The second-order valence-electron chi connectivity index (χ2n) is 4.79. The molecule has 4 heteroatoms. The summed E-state index contributed by atoms with van der Waals surface area (Å²) >= 11 is 1.69. The van der Waals surface area contributed by atoms with E-state index < -0.39 is 11.6 Å². The third kappa shape index (κ3) is 2.78. The van der Waals surface area contributed by atoms with Crippen LogP contribution in [-0.4, -0.2) is 0 Å². The number of aryl methyl sites for hydroxylation is 3. The van der Waals surface area contributed by atoms with E-state index in [9.17, 15) is 8.78 Å². The van der Waals surface area contributed by atoms with Crippen LogP contribution >= 0.6 is 11.3 Å². The summed E-state index contributed by atoms with van der Waals surface area (Å²) in [6, 6.07) is 4.67. The molecule has 1 aromatic heterocycles. The normalized spacial score (nSPS) is 12.5. The first-order chi connectivity index (χ1) is 8.90. The van der Waals surface area contributed by atoms with Crippen molar-refractivity contribution in [2.24, 2.45) is 0 Å². The summed E-state index contributed by atoms with van der Waals surface area (Å²) in [5.74, 6) is -1.07. The molecule has 0 saturated carbocycles. The minimum absolute atomic E-state index is 0.0456. The number of anilines is 1. The lowest BCUT2D eigenvalue weighted by Crippen LogP contribution is -2.10. The zero-order valence-corrected chi connectivity index (χ0v) is 12.3. The maximum absolute atomic E-state index is 13.9. The number of benzene rings is 1. The van der Waals surface area contributed by atoms with Crippen LogP contribution in [0.1, 0.15) is 33.8 Å². The van der Waals surface area contributed by atoms with Gasteiger partial charge in [0.1, 0.15) is 11.5 Å². The number of rotatable bonds is 3. The molecule has 0 fully saturated rings. The van der Waals surface area contributed by atoms with Crippen LogP contribution in [0.15, 0.2) is 18.2 Å². The molecule has 0 amide bonds. The third-order valence-corrected chi connectivity index (χ3v) is 4.17. The Bertz CT molecular complexity index is 604. The molecule has 0 radical (unpaired) electrons. The maximum Gasteiger partial charge on any atom is 0.152 e. The van der Waals surface area contributed by atoms with Crippen LogP contribution in [0.2, 0.25) is 0 Å². The molecule has 1 nitrogen and oxygen atoms in total. The van der Waals surface area contributed by atoms with Gasteiger partial charge in [-0.25, -0.2) is 8.78 Å². The molecular weight excluding hydrogens is 264 g/mol. The maximum atomic E-state index is 13.9. The van der Waals surface area contributed by atoms with Crippen LogP contribution in [0.25, 0.3) is 0 Å². The van der Waals surface area contributed by atoms with Gasteiger partial charge in [-0.15, -0.1) is 11.3 Å². The molecule has 1 aromatic carbocycles. The molecular formula is C15H17F2NS. The Balaban J connectivity index is 2.31. The van der Waals surface area contributed by atoms with Gasteiger partial charge in [0.15, 0.2) is 5.82 Å². The van der Waals surface area contributed by atoms with E-state index in [-0.39, 0.29) is 11.7 Å². The predicted octanol–water partition coefficient (Wildman–Crippen LogP) is 5.12. The van der Waals surface area contributed by atoms with Gasteiger partial charge in [0.25, 0.3) is 0 Å². The standard InChI is InChI=1S/C15H17F2NS/c1-8-5-6-13(16)15(14(8)17)18-10(3)12-7-9(2)19-11(12)4/h5-7,10,18H,1-4H3. The van der Waals surface area contributed by atoms with Gasteiger partial charge in [-0.2, -0.15) is 0 Å². The van der Waals surface area contributed by atoms with Crippen LogP contribution in [0.4, 0.5) is 14.5 Å². The highest BCUT2D eigenvalue weighted by molar-refractivity contribution is 7.12. The smallest absolute Gasteiger partial charge is 0.152 e. The summed E-state index contributed by atoms with van der Waals surface area (Å²) in [7, 11) is 0. The second-order valence-corrected chi connectivity index (χ2v) is 6.25. The lowest BCUT2D eigenvalue weighted by molar-refractivity contribution is 0.579. The Morgan fingerprint density at radius 3 is 2.42 bits per heavy atom. The number of hydrogen-bond acceptors (Lipinski definition) is 2. The van der Waals surface area contributed by atoms with Crippen molar-refractivity contribution in [3.63, 3.8) is 0 Å². The van der Waals surface area contributed by atoms with Crippen molar-refractivity contribution in [1.82, 2.24) is 0 Å². The van der Waals surface area contributed by atoms with Crippen LogP contribution < -0.4 is 5.32 Å². The van der Waals surface area contributed by atoms with Crippen molar-refractivity contribution in [3.8, 4) is 0 Å². The van der Waals surface area contributed by atoms with Gasteiger partial charge >= 0.3 is 0 Å². The fraction of sp³-hybridized carbons (Fsp3) is 0.333. The molecule has 0 aliphatic heterocycles. The summed E-state index contributed by atoms with van der Waals surface area (Å²) in [6.45, 7) is 7.59. The molecule has 0 aliphatic rings. The largest absolute Gasteiger partial charge is 0.374 e. The summed E-state index contributed by atoms with van der Waals surface area (Å²) in [5.41, 5.74) is 1.48.